The fourth-order valence-electron chi connectivity index (χ4n) is 0.734. The first-order valence-electron chi connectivity index (χ1n) is 3.07. The van der Waals surface area contributed by atoms with Crippen molar-refractivity contribution in [3.63, 3.8) is 0 Å². The minimum atomic E-state index is 0.0798. The molecule has 0 atom stereocenters. The fourth-order valence-corrected chi connectivity index (χ4v) is 0.734. The van der Waals surface area contributed by atoms with Crippen molar-refractivity contribution in [3.05, 3.63) is 29.1 Å². The van der Waals surface area contributed by atoms with Crippen LogP contribution >= 0.6 is 0 Å². The summed E-state index contributed by atoms with van der Waals surface area (Å²) < 4.78 is 0. The lowest BCUT2D eigenvalue weighted by Gasteiger charge is -1.91. The third-order valence-electron chi connectivity index (χ3n) is 1.21. The van der Waals surface area contributed by atoms with Crippen molar-refractivity contribution in [1.29, 1.82) is 10.5 Å². The Morgan fingerprint density at radius 2 is 2.08 bits per heavy atom. The molecule has 0 N–H and O–H groups in total. The van der Waals surface area contributed by atoms with Crippen molar-refractivity contribution < 1.29 is 4.79 Å². The van der Waals surface area contributed by atoms with E-state index < -0.39 is 0 Å². The summed E-state index contributed by atoms with van der Waals surface area (Å²) >= 11 is 0. The molecule has 0 saturated heterocycles. The topological polar surface area (TPSA) is 77.5 Å². The van der Waals surface area contributed by atoms with Gasteiger partial charge >= 0.3 is 0 Å². The van der Waals surface area contributed by atoms with Gasteiger partial charge in [-0.1, -0.05) is 0 Å². The van der Waals surface area contributed by atoms with Crippen molar-refractivity contribution in [2.75, 3.05) is 0 Å². The van der Waals surface area contributed by atoms with Crippen LogP contribution in [-0.4, -0.2) is 11.3 Å². The number of hydrogen-bond acceptors (Lipinski definition) is 4. The van der Waals surface area contributed by atoms with Gasteiger partial charge in [-0.15, -0.1) is 0 Å². The Balaban J connectivity index is 3.33. The zero-order chi connectivity index (χ0) is 8.97. The van der Waals surface area contributed by atoms with Crippen molar-refractivity contribution in [2.24, 2.45) is 0 Å². The van der Waals surface area contributed by atoms with E-state index in [0.717, 1.165) is 0 Å². The first-order valence-corrected chi connectivity index (χ1v) is 3.07. The zero-order valence-corrected chi connectivity index (χ0v) is 5.98. The first-order chi connectivity index (χ1) is 5.80. The zero-order valence-electron chi connectivity index (χ0n) is 5.98. The molecule has 0 aliphatic carbocycles. The lowest BCUT2D eigenvalue weighted by atomic mass is 10.2. The molecule has 0 fully saturated rings. The van der Waals surface area contributed by atoms with E-state index in [0.29, 0.717) is 6.29 Å². The molecule has 1 rings (SSSR count). The third kappa shape index (κ3) is 1.44. The highest BCUT2D eigenvalue weighted by Crippen LogP contribution is 2.02. The Kier molecular flexibility index (Phi) is 2.15. The molecular weight excluding hydrogens is 154 g/mol. The van der Waals surface area contributed by atoms with Crippen LogP contribution in [0.3, 0.4) is 0 Å². The van der Waals surface area contributed by atoms with Gasteiger partial charge in [0, 0.05) is 0 Å². The third-order valence-corrected chi connectivity index (χ3v) is 1.21. The van der Waals surface area contributed by atoms with Crippen molar-refractivity contribution in [2.45, 2.75) is 0 Å². The standard InChI is InChI=1S/C8H3N3O/c9-3-6-1-7(4-10)11-8(2-6)5-12/h1-2,5H. The SMILES string of the molecule is N#Cc1cc(C#N)nc(C=O)c1. The summed E-state index contributed by atoms with van der Waals surface area (Å²) in [5, 5.41) is 16.9. The highest BCUT2D eigenvalue weighted by Gasteiger charge is 1.99. The van der Waals surface area contributed by atoms with Gasteiger partial charge in [0.1, 0.15) is 17.5 Å². The lowest BCUT2D eigenvalue weighted by Crippen LogP contribution is -1.92. The van der Waals surface area contributed by atoms with Gasteiger partial charge in [-0.2, -0.15) is 10.5 Å². The molecule has 0 radical (unpaired) electrons. The van der Waals surface area contributed by atoms with Gasteiger partial charge in [-0.05, 0) is 12.1 Å². The average molecular weight is 157 g/mol. The molecule has 4 heteroatoms. The van der Waals surface area contributed by atoms with Crippen LogP contribution in [-0.2, 0) is 0 Å². The second-order valence-corrected chi connectivity index (χ2v) is 2.01. The Bertz CT molecular complexity index is 365. The van der Waals surface area contributed by atoms with E-state index in [-0.39, 0.29) is 17.0 Å². The molecule has 0 amide bonds. The average Bonchev–Trinajstić information content (AvgIpc) is 2.16. The number of rotatable bonds is 1. The monoisotopic (exact) mass is 157 g/mol. The van der Waals surface area contributed by atoms with Crippen molar-refractivity contribution in [3.8, 4) is 12.1 Å². The fraction of sp³-hybridized carbons (Fsp3) is 0. The number of nitriles is 2. The van der Waals surface area contributed by atoms with Crippen LogP contribution in [0, 0.1) is 22.7 Å². The summed E-state index contributed by atoms with van der Waals surface area (Å²) in [7, 11) is 0. The molecule has 0 spiro atoms. The van der Waals surface area contributed by atoms with Gasteiger partial charge in [0.05, 0.1) is 11.6 Å². The van der Waals surface area contributed by atoms with Crippen molar-refractivity contribution in [1.82, 2.24) is 4.98 Å². The van der Waals surface area contributed by atoms with Crippen LogP contribution in [0.2, 0.25) is 0 Å². The Hall–Kier alpha value is -2.20. The summed E-state index contributed by atoms with van der Waals surface area (Å²) in [5.74, 6) is 0. The van der Waals surface area contributed by atoms with Gasteiger partial charge in [0.2, 0.25) is 0 Å². The van der Waals surface area contributed by atoms with Crippen LogP contribution in [0.15, 0.2) is 12.1 Å². The number of pyridine rings is 1. The largest absolute Gasteiger partial charge is 0.296 e. The molecule has 0 aromatic carbocycles. The number of carbonyl (C=O) groups excluding carboxylic acids is 1. The number of hydrogen-bond donors (Lipinski definition) is 0. The van der Waals surface area contributed by atoms with E-state index in [1.165, 1.54) is 12.1 Å². The summed E-state index contributed by atoms with van der Waals surface area (Å²) in [5.41, 5.74) is 0.449. The Labute approximate surface area is 68.7 Å². The van der Waals surface area contributed by atoms with E-state index in [1.54, 1.807) is 6.07 Å². The highest BCUT2D eigenvalue weighted by atomic mass is 16.1. The van der Waals surface area contributed by atoms with Gasteiger partial charge in [-0.25, -0.2) is 4.98 Å². The van der Waals surface area contributed by atoms with Crippen LogP contribution in [0.5, 0.6) is 0 Å². The van der Waals surface area contributed by atoms with E-state index in [4.69, 9.17) is 10.5 Å². The Morgan fingerprint density at radius 3 is 2.58 bits per heavy atom. The highest BCUT2D eigenvalue weighted by molar-refractivity contribution is 5.72. The molecule has 1 heterocycles. The van der Waals surface area contributed by atoms with Crippen LogP contribution < -0.4 is 0 Å². The lowest BCUT2D eigenvalue weighted by molar-refractivity contribution is 0.111. The number of nitrogens with zero attached hydrogens (tertiary/aromatic N) is 3. The number of carbonyl (C=O) groups is 1. The maximum absolute atomic E-state index is 10.3. The van der Waals surface area contributed by atoms with E-state index >= 15 is 0 Å². The summed E-state index contributed by atoms with van der Waals surface area (Å²) in [6.07, 6.45) is 0.502. The Morgan fingerprint density at radius 1 is 1.33 bits per heavy atom. The first kappa shape index (κ1) is 7.90. The second-order valence-electron chi connectivity index (χ2n) is 2.01. The van der Waals surface area contributed by atoms with Crippen molar-refractivity contribution >= 4 is 6.29 Å². The van der Waals surface area contributed by atoms with E-state index in [1.807, 2.05) is 6.07 Å². The van der Waals surface area contributed by atoms with Crippen LogP contribution in [0.4, 0.5) is 0 Å². The van der Waals surface area contributed by atoms with E-state index in [2.05, 4.69) is 4.98 Å². The molecule has 0 saturated carbocycles. The number of aldehydes is 1. The summed E-state index contributed by atoms with van der Waals surface area (Å²) in [6.45, 7) is 0. The maximum Gasteiger partial charge on any atom is 0.168 e. The molecule has 0 aliphatic rings. The van der Waals surface area contributed by atoms with Crippen LogP contribution in [0.1, 0.15) is 21.7 Å². The predicted octanol–water partition coefficient (Wildman–Crippen LogP) is 0.637. The van der Waals surface area contributed by atoms with E-state index in [9.17, 15) is 4.79 Å². The molecule has 0 aliphatic heterocycles. The molecule has 1 aromatic rings. The maximum atomic E-state index is 10.3. The number of aromatic nitrogens is 1. The quantitative estimate of drug-likeness (QED) is 0.560. The van der Waals surface area contributed by atoms with Gasteiger partial charge in [0.15, 0.2) is 6.29 Å². The molecule has 0 bridgehead atoms. The minimum Gasteiger partial charge on any atom is -0.296 e. The summed E-state index contributed by atoms with van der Waals surface area (Å²) in [6, 6.07) is 6.24. The summed E-state index contributed by atoms with van der Waals surface area (Å²) in [4.78, 5) is 13.9. The molecule has 4 nitrogen and oxygen atoms in total. The van der Waals surface area contributed by atoms with Gasteiger partial charge in [0.25, 0.3) is 0 Å². The molecule has 12 heavy (non-hydrogen) atoms. The molecule has 1 aromatic heterocycles. The van der Waals surface area contributed by atoms with Crippen LogP contribution in [0.25, 0.3) is 0 Å². The second kappa shape index (κ2) is 3.27. The molecular formula is C8H3N3O. The molecule has 56 valence electrons. The van der Waals surface area contributed by atoms with Gasteiger partial charge < -0.3 is 0 Å². The molecule has 0 unspecified atom stereocenters. The normalized spacial score (nSPS) is 8.17. The smallest absolute Gasteiger partial charge is 0.168 e. The van der Waals surface area contributed by atoms with Gasteiger partial charge in [-0.3, -0.25) is 4.79 Å². The predicted molar refractivity (Wildman–Crippen MR) is 39.1 cm³/mol. The minimum absolute atomic E-state index is 0.0798.